The van der Waals surface area contributed by atoms with Crippen LogP contribution in [0.15, 0.2) is 53.1 Å². The first kappa shape index (κ1) is 20.3. The molecule has 0 radical (unpaired) electrons. The molecule has 1 N–H and O–H groups in total. The third kappa shape index (κ3) is 3.86. The molecular formula is C25H25N3O4. The van der Waals surface area contributed by atoms with Gasteiger partial charge in [0.15, 0.2) is 5.76 Å². The summed E-state index contributed by atoms with van der Waals surface area (Å²) in [5.41, 5.74) is 4.61. The van der Waals surface area contributed by atoms with Crippen LogP contribution in [-0.4, -0.2) is 29.6 Å². The van der Waals surface area contributed by atoms with Gasteiger partial charge in [0, 0.05) is 36.7 Å². The number of ether oxygens (including phenoxy) is 1. The molecule has 1 aromatic heterocycles. The quantitative estimate of drug-likeness (QED) is 0.667. The highest BCUT2D eigenvalue weighted by Crippen LogP contribution is 2.33. The zero-order valence-corrected chi connectivity index (χ0v) is 18.1. The molecule has 164 valence electrons. The molecule has 3 aromatic rings. The number of carbonyl (C=O) groups excluding carboxylic acids is 2. The van der Waals surface area contributed by atoms with Crippen molar-refractivity contribution in [1.29, 1.82) is 0 Å². The summed E-state index contributed by atoms with van der Waals surface area (Å²) in [4.78, 5) is 26.9. The predicted molar refractivity (Wildman–Crippen MR) is 119 cm³/mol. The van der Waals surface area contributed by atoms with Crippen LogP contribution in [0.2, 0.25) is 0 Å². The fraction of sp³-hybridized carbons (Fsp3) is 0.320. The van der Waals surface area contributed by atoms with E-state index in [2.05, 4.69) is 16.5 Å². The molecule has 2 atom stereocenters. The molecule has 0 aliphatic carbocycles. The minimum Gasteiger partial charge on any atom is -0.490 e. The Bertz CT molecular complexity index is 1190. The van der Waals surface area contributed by atoms with Crippen LogP contribution in [0.4, 0.5) is 5.69 Å². The van der Waals surface area contributed by atoms with E-state index in [1.165, 1.54) is 0 Å². The number of nitrogens with zero attached hydrogens (tertiary/aromatic N) is 2. The number of fused-ring (bicyclic) bond motifs is 1. The predicted octanol–water partition coefficient (Wildman–Crippen LogP) is 3.64. The molecule has 2 unspecified atom stereocenters. The lowest BCUT2D eigenvalue weighted by molar-refractivity contribution is -0.126. The van der Waals surface area contributed by atoms with Crippen LogP contribution in [-0.2, 0) is 22.6 Å². The van der Waals surface area contributed by atoms with Crippen molar-refractivity contribution in [2.24, 2.45) is 5.92 Å². The van der Waals surface area contributed by atoms with Crippen molar-refractivity contribution < 1.29 is 18.8 Å². The Balaban J connectivity index is 1.20. The Morgan fingerprint density at radius 3 is 2.88 bits per heavy atom. The molecule has 32 heavy (non-hydrogen) atoms. The summed E-state index contributed by atoms with van der Waals surface area (Å²) in [6.45, 7) is 4.65. The van der Waals surface area contributed by atoms with Crippen LogP contribution in [0, 0.1) is 12.8 Å². The molecule has 5 rings (SSSR count). The molecule has 7 nitrogen and oxygen atoms in total. The lowest BCUT2D eigenvalue weighted by Crippen LogP contribution is -2.32. The van der Waals surface area contributed by atoms with Gasteiger partial charge in [0.25, 0.3) is 0 Å². The molecule has 2 aromatic carbocycles. The Labute approximate surface area is 186 Å². The lowest BCUT2D eigenvalue weighted by atomic mass is 10.1. The monoisotopic (exact) mass is 431 g/mol. The van der Waals surface area contributed by atoms with E-state index in [-0.39, 0.29) is 36.8 Å². The highest BCUT2D eigenvalue weighted by Gasteiger charge is 2.35. The molecular weight excluding hydrogens is 406 g/mol. The highest BCUT2D eigenvalue weighted by molar-refractivity contribution is 6.00. The van der Waals surface area contributed by atoms with Crippen molar-refractivity contribution in [1.82, 2.24) is 10.5 Å². The normalized spacial score (nSPS) is 19.7. The number of amides is 2. The maximum absolute atomic E-state index is 12.7. The van der Waals surface area contributed by atoms with Gasteiger partial charge in [0.05, 0.1) is 12.5 Å². The average molecular weight is 431 g/mol. The molecule has 1 saturated heterocycles. The number of hydrogen-bond acceptors (Lipinski definition) is 5. The van der Waals surface area contributed by atoms with Crippen LogP contribution < -0.4 is 15.0 Å². The largest absolute Gasteiger partial charge is 0.490 e. The lowest BCUT2D eigenvalue weighted by Gasteiger charge is -2.18. The van der Waals surface area contributed by atoms with Crippen LogP contribution in [0.5, 0.6) is 5.75 Å². The maximum Gasteiger partial charge on any atom is 0.227 e. The third-order valence-electron chi connectivity index (χ3n) is 6.09. The van der Waals surface area contributed by atoms with Crippen molar-refractivity contribution in [3.63, 3.8) is 0 Å². The summed E-state index contributed by atoms with van der Waals surface area (Å²) in [5, 5.41) is 6.99. The number of rotatable bonds is 5. The Morgan fingerprint density at radius 2 is 2.03 bits per heavy atom. The molecule has 0 spiro atoms. The number of benzene rings is 2. The van der Waals surface area contributed by atoms with Gasteiger partial charge in [-0.1, -0.05) is 23.4 Å². The molecule has 2 aliphatic rings. The molecule has 3 heterocycles. The van der Waals surface area contributed by atoms with Crippen molar-refractivity contribution in [2.75, 3.05) is 11.4 Å². The molecule has 0 bridgehead atoms. The van der Waals surface area contributed by atoms with Gasteiger partial charge in [-0.2, -0.15) is 0 Å². The Hall–Kier alpha value is -3.61. The summed E-state index contributed by atoms with van der Waals surface area (Å²) >= 11 is 0. The van der Waals surface area contributed by atoms with Gasteiger partial charge in [-0.3, -0.25) is 9.59 Å². The molecule has 2 aliphatic heterocycles. The van der Waals surface area contributed by atoms with E-state index in [1.54, 1.807) is 4.90 Å². The summed E-state index contributed by atoms with van der Waals surface area (Å²) in [7, 11) is 0. The standard InChI is InChI=1S/C25H25N3O4/c1-15-5-3-4-6-21(15)28-14-19(11-24(28)29)25(30)26-13-20-12-23(32-27-20)17-7-8-22-18(10-17)9-16(2)31-22/h3-8,10,12,16,19H,9,11,13-14H2,1-2H3,(H,26,30). The molecule has 0 saturated carbocycles. The van der Waals surface area contributed by atoms with Gasteiger partial charge in [0.2, 0.25) is 11.8 Å². The summed E-state index contributed by atoms with van der Waals surface area (Å²) < 4.78 is 11.2. The van der Waals surface area contributed by atoms with E-state index >= 15 is 0 Å². The van der Waals surface area contributed by atoms with E-state index in [4.69, 9.17) is 9.26 Å². The van der Waals surface area contributed by atoms with Gasteiger partial charge in [-0.15, -0.1) is 0 Å². The third-order valence-corrected chi connectivity index (χ3v) is 6.09. The van der Waals surface area contributed by atoms with E-state index in [9.17, 15) is 9.59 Å². The second kappa shape index (κ2) is 8.15. The summed E-state index contributed by atoms with van der Waals surface area (Å²) in [6, 6.07) is 15.5. The molecule has 2 amide bonds. The highest BCUT2D eigenvalue weighted by atomic mass is 16.5. The minimum absolute atomic E-state index is 0.0296. The summed E-state index contributed by atoms with van der Waals surface area (Å²) in [5.74, 6) is 1.00. The first-order chi connectivity index (χ1) is 15.5. The van der Waals surface area contributed by atoms with Gasteiger partial charge >= 0.3 is 0 Å². The topological polar surface area (TPSA) is 84.7 Å². The Morgan fingerprint density at radius 1 is 1.19 bits per heavy atom. The van der Waals surface area contributed by atoms with Crippen LogP contribution >= 0.6 is 0 Å². The first-order valence-electron chi connectivity index (χ1n) is 10.9. The second-order valence-electron chi connectivity index (χ2n) is 8.55. The van der Waals surface area contributed by atoms with Gasteiger partial charge in [0.1, 0.15) is 17.5 Å². The Kier molecular flexibility index (Phi) is 5.17. The average Bonchev–Trinajstić information content (AvgIpc) is 3.49. The molecule has 1 fully saturated rings. The number of anilines is 1. The smallest absolute Gasteiger partial charge is 0.227 e. The first-order valence-corrected chi connectivity index (χ1v) is 10.9. The van der Waals surface area contributed by atoms with Gasteiger partial charge < -0.3 is 19.5 Å². The number of aryl methyl sites for hydroxylation is 1. The zero-order chi connectivity index (χ0) is 22.2. The number of carbonyl (C=O) groups is 2. The van der Waals surface area contributed by atoms with Crippen molar-refractivity contribution in [3.8, 4) is 17.1 Å². The second-order valence-corrected chi connectivity index (χ2v) is 8.55. The SMILES string of the molecule is Cc1ccccc1N1CC(C(=O)NCc2cc(-c3ccc4c(c3)CC(C)O4)on2)CC1=O. The summed E-state index contributed by atoms with van der Waals surface area (Å²) in [6.07, 6.45) is 1.27. The molecule has 7 heteroatoms. The van der Waals surface area contributed by atoms with Crippen molar-refractivity contribution in [3.05, 3.63) is 65.4 Å². The van der Waals surface area contributed by atoms with Crippen molar-refractivity contribution >= 4 is 17.5 Å². The van der Waals surface area contributed by atoms with Crippen LogP contribution in [0.25, 0.3) is 11.3 Å². The van der Waals surface area contributed by atoms with E-state index in [0.29, 0.717) is 18.0 Å². The number of para-hydroxylation sites is 1. The van der Waals surface area contributed by atoms with Gasteiger partial charge in [-0.05, 0) is 49.2 Å². The minimum atomic E-state index is -0.382. The van der Waals surface area contributed by atoms with Crippen molar-refractivity contribution in [2.45, 2.75) is 39.3 Å². The number of hydrogen-bond donors (Lipinski definition) is 1. The van der Waals surface area contributed by atoms with E-state index in [0.717, 1.165) is 34.5 Å². The van der Waals surface area contributed by atoms with Gasteiger partial charge in [-0.25, -0.2) is 0 Å². The maximum atomic E-state index is 12.7. The van der Waals surface area contributed by atoms with Crippen LogP contribution in [0.1, 0.15) is 30.2 Å². The fourth-order valence-electron chi connectivity index (χ4n) is 4.41. The van der Waals surface area contributed by atoms with E-state index in [1.807, 2.05) is 56.3 Å². The number of nitrogens with one attached hydrogen (secondary N) is 1. The van der Waals surface area contributed by atoms with E-state index < -0.39 is 0 Å². The van der Waals surface area contributed by atoms with Crippen LogP contribution in [0.3, 0.4) is 0 Å². The zero-order valence-electron chi connectivity index (χ0n) is 18.1. The number of aromatic nitrogens is 1. The fourth-order valence-corrected chi connectivity index (χ4v) is 4.41.